The van der Waals surface area contributed by atoms with Crippen LogP contribution in [-0.2, 0) is 6.42 Å². The number of aromatic nitrogens is 2. The van der Waals surface area contributed by atoms with E-state index >= 15 is 0 Å². The third-order valence-corrected chi connectivity index (χ3v) is 4.96. The van der Waals surface area contributed by atoms with Crippen LogP contribution < -0.4 is 5.32 Å². The van der Waals surface area contributed by atoms with Crippen LogP contribution in [-0.4, -0.2) is 23.2 Å². The third kappa shape index (κ3) is 4.01. The van der Waals surface area contributed by atoms with Crippen molar-refractivity contribution in [2.24, 2.45) is 0 Å². The average Bonchev–Trinajstić information content (AvgIpc) is 3.15. The van der Waals surface area contributed by atoms with Gasteiger partial charge in [-0.3, -0.25) is 0 Å². The van der Waals surface area contributed by atoms with E-state index in [2.05, 4.69) is 22.4 Å². The van der Waals surface area contributed by atoms with E-state index < -0.39 is 0 Å². The summed E-state index contributed by atoms with van der Waals surface area (Å²) in [5.74, 6) is 0.990. The van der Waals surface area contributed by atoms with Crippen molar-refractivity contribution in [3.05, 3.63) is 47.5 Å². The molecule has 2 aromatic heterocycles. The number of aryl methyl sites for hydroxylation is 1. The van der Waals surface area contributed by atoms with E-state index in [9.17, 15) is 4.39 Å². The van der Waals surface area contributed by atoms with Crippen molar-refractivity contribution in [2.75, 3.05) is 7.05 Å². The largest absolute Gasteiger partial charge is 0.333 e. The molecule has 4 nitrogen and oxygen atoms in total. The Morgan fingerprint density at radius 1 is 1.29 bits per heavy atom. The van der Waals surface area contributed by atoms with Crippen molar-refractivity contribution >= 4 is 23.7 Å². The van der Waals surface area contributed by atoms with Gasteiger partial charge in [-0.25, -0.2) is 4.39 Å². The van der Waals surface area contributed by atoms with E-state index in [-0.39, 0.29) is 18.2 Å². The molecule has 0 saturated heterocycles. The molecule has 1 unspecified atom stereocenters. The van der Waals surface area contributed by atoms with E-state index in [4.69, 9.17) is 4.52 Å². The monoisotopic (exact) mass is 367 g/mol. The second-order valence-corrected chi connectivity index (χ2v) is 6.59. The Morgan fingerprint density at radius 3 is 2.67 bits per heavy atom. The summed E-state index contributed by atoms with van der Waals surface area (Å²) in [5.41, 5.74) is 2.10. The summed E-state index contributed by atoms with van der Waals surface area (Å²) in [6, 6.07) is 8.83. The number of benzene rings is 1. The molecule has 7 heteroatoms. The standard InChI is InChI=1S/C17H18FN3OS.ClH/c1-10-8-14(17-20-15(21-22-17)9-11(2)19-3)23-16(10)12-4-6-13(18)7-5-12;/h4-8,11,19H,9H2,1-3H3;1H. The summed E-state index contributed by atoms with van der Waals surface area (Å²) in [6.07, 6.45) is 0.717. The maximum absolute atomic E-state index is 13.1. The Labute approximate surface area is 150 Å². The van der Waals surface area contributed by atoms with E-state index in [1.54, 1.807) is 23.5 Å². The van der Waals surface area contributed by atoms with Gasteiger partial charge < -0.3 is 9.84 Å². The first-order valence-corrected chi connectivity index (χ1v) is 8.25. The lowest BCUT2D eigenvalue weighted by Crippen LogP contribution is -2.24. The van der Waals surface area contributed by atoms with Crippen LogP contribution in [0.15, 0.2) is 34.9 Å². The highest BCUT2D eigenvalue weighted by Crippen LogP contribution is 2.37. The van der Waals surface area contributed by atoms with Gasteiger partial charge in [-0.15, -0.1) is 23.7 Å². The van der Waals surface area contributed by atoms with Gasteiger partial charge in [0.2, 0.25) is 0 Å². The number of thiophene rings is 1. The zero-order valence-electron chi connectivity index (χ0n) is 13.7. The Bertz CT molecular complexity index is 801. The molecule has 0 radical (unpaired) electrons. The maximum atomic E-state index is 13.1. The minimum atomic E-state index is -0.233. The third-order valence-electron chi connectivity index (χ3n) is 3.68. The predicted molar refractivity (Wildman–Crippen MR) is 97.2 cm³/mol. The Kier molecular flexibility index (Phi) is 6.10. The fourth-order valence-corrected chi connectivity index (χ4v) is 3.39. The summed E-state index contributed by atoms with van der Waals surface area (Å²) >= 11 is 1.58. The molecule has 0 spiro atoms. The second-order valence-electron chi connectivity index (χ2n) is 5.54. The van der Waals surface area contributed by atoms with Crippen LogP contribution in [0.1, 0.15) is 18.3 Å². The molecule has 1 atom stereocenters. The molecule has 0 saturated carbocycles. The molecule has 0 fully saturated rings. The average molecular weight is 368 g/mol. The SMILES string of the molecule is CNC(C)Cc1noc(-c2cc(C)c(-c3ccc(F)cc3)s2)n1.Cl. The fraction of sp³-hybridized carbons (Fsp3) is 0.294. The first-order chi connectivity index (χ1) is 11.1. The van der Waals surface area contributed by atoms with Gasteiger partial charge in [-0.2, -0.15) is 4.98 Å². The summed E-state index contributed by atoms with van der Waals surface area (Å²) < 4.78 is 18.5. The molecule has 0 aliphatic rings. The number of nitrogens with zero attached hydrogens (tertiary/aromatic N) is 2. The molecule has 128 valence electrons. The lowest BCUT2D eigenvalue weighted by atomic mass is 10.1. The molecule has 0 aliphatic carbocycles. The fourth-order valence-electron chi connectivity index (χ4n) is 2.29. The summed E-state index contributed by atoms with van der Waals surface area (Å²) in [7, 11) is 1.91. The number of rotatable bonds is 5. The molecule has 1 N–H and O–H groups in total. The van der Waals surface area contributed by atoms with Crippen molar-refractivity contribution in [3.63, 3.8) is 0 Å². The molecule has 3 aromatic rings. The van der Waals surface area contributed by atoms with Crippen molar-refractivity contribution in [2.45, 2.75) is 26.3 Å². The predicted octanol–water partition coefficient (Wildman–Crippen LogP) is 4.48. The van der Waals surface area contributed by atoms with Gasteiger partial charge in [0.1, 0.15) is 5.82 Å². The molecule has 24 heavy (non-hydrogen) atoms. The Hall–Kier alpha value is -1.76. The highest BCUT2D eigenvalue weighted by atomic mass is 35.5. The maximum Gasteiger partial charge on any atom is 0.268 e. The van der Waals surface area contributed by atoms with Crippen molar-refractivity contribution in [1.82, 2.24) is 15.5 Å². The van der Waals surface area contributed by atoms with Crippen LogP contribution in [0.4, 0.5) is 4.39 Å². The molecule has 2 heterocycles. The molecule has 1 aromatic carbocycles. The smallest absolute Gasteiger partial charge is 0.268 e. The minimum Gasteiger partial charge on any atom is -0.333 e. The number of halogens is 2. The number of nitrogens with one attached hydrogen (secondary N) is 1. The topological polar surface area (TPSA) is 51.0 Å². The summed E-state index contributed by atoms with van der Waals surface area (Å²) in [4.78, 5) is 6.48. The van der Waals surface area contributed by atoms with Crippen molar-refractivity contribution < 1.29 is 8.91 Å². The van der Waals surface area contributed by atoms with Crippen LogP contribution in [0, 0.1) is 12.7 Å². The van der Waals surface area contributed by atoms with Gasteiger partial charge in [-0.1, -0.05) is 17.3 Å². The van der Waals surface area contributed by atoms with Crippen LogP contribution >= 0.6 is 23.7 Å². The van der Waals surface area contributed by atoms with E-state index in [0.717, 1.165) is 27.3 Å². The van der Waals surface area contributed by atoms with Gasteiger partial charge in [0.15, 0.2) is 5.82 Å². The van der Waals surface area contributed by atoms with Crippen molar-refractivity contribution in [3.8, 4) is 21.2 Å². The molecule has 0 bridgehead atoms. The summed E-state index contributed by atoms with van der Waals surface area (Å²) in [6.45, 7) is 4.09. The van der Waals surface area contributed by atoms with Gasteiger partial charge in [0, 0.05) is 17.3 Å². The number of hydrogen-bond donors (Lipinski definition) is 1. The van der Waals surface area contributed by atoms with Gasteiger partial charge in [-0.05, 0) is 50.2 Å². The van der Waals surface area contributed by atoms with Crippen molar-refractivity contribution in [1.29, 1.82) is 0 Å². The molecular weight excluding hydrogens is 349 g/mol. The van der Waals surface area contributed by atoms with E-state index in [0.29, 0.717) is 17.8 Å². The normalized spacial score (nSPS) is 12.0. The quantitative estimate of drug-likeness (QED) is 0.722. The van der Waals surface area contributed by atoms with Gasteiger partial charge in [0.25, 0.3) is 5.89 Å². The first-order valence-electron chi connectivity index (χ1n) is 7.43. The van der Waals surface area contributed by atoms with Crippen LogP contribution in [0.25, 0.3) is 21.2 Å². The van der Waals surface area contributed by atoms with Gasteiger partial charge in [0.05, 0.1) is 4.88 Å². The molecule has 3 rings (SSSR count). The van der Waals surface area contributed by atoms with Crippen LogP contribution in [0.3, 0.4) is 0 Å². The minimum absolute atomic E-state index is 0. The number of hydrogen-bond acceptors (Lipinski definition) is 5. The zero-order valence-corrected chi connectivity index (χ0v) is 15.3. The molecule has 0 amide bonds. The molecular formula is C17H19ClFN3OS. The van der Waals surface area contributed by atoms with Crippen LogP contribution in [0.2, 0.25) is 0 Å². The molecule has 0 aliphatic heterocycles. The van der Waals surface area contributed by atoms with Crippen LogP contribution in [0.5, 0.6) is 0 Å². The van der Waals surface area contributed by atoms with E-state index in [1.807, 2.05) is 20.0 Å². The first kappa shape index (κ1) is 18.6. The lowest BCUT2D eigenvalue weighted by Gasteiger charge is -2.04. The highest BCUT2D eigenvalue weighted by Gasteiger charge is 2.16. The zero-order chi connectivity index (χ0) is 16.4. The Balaban J connectivity index is 0.00000208. The second kappa shape index (κ2) is 7.88. The Morgan fingerprint density at radius 2 is 2.00 bits per heavy atom. The highest BCUT2D eigenvalue weighted by molar-refractivity contribution is 7.19. The van der Waals surface area contributed by atoms with Gasteiger partial charge >= 0.3 is 0 Å². The van der Waals surface area contributed by atoms with E-state index in [1.165, 1.54) is 12.1 Å². The number of likely N-dealkylation sites (N-methyl/N-ethyl adjacent to an activating group) is 1. The summed E-state index contributed by atoms with van der Waals surface area (Å²) in [5, 5.41) is 7.19. The lowest BCUT2D eigenvalue weighted by molar-refractivity contribution is 0.419.